The van der Waals surface area contributed by atoms with Crippen molar-refractivity contribution in [1.82, 2.24) is 4.72 Å². The zero-order valence-electron chi connectivity index (χ0n) is 20.7. The number of carbonyl (C=O) groups excluding carboxylic acids is 2. The van der Waals surface area contributed by atoms with Crippen LogP contribution in [-0.2, 0) is 51.7 Å². The molecule has 0 saturated carbocycles. The molecule has 4 rings (SSSR count). The minimum Gasteiger partial charge on any atom is -0.460 e. The maximum atomic E-state index is 12.8. The van der Waals surface area contributed by atoms with E-state index >= 15 is 0 Å². The van der Waals surface area contributed by atoms with Crippen LogP contribution in [0.4, 0.5) is 10.5 Å². The van der Waals surface area contributed by atoms with E-state index in [1.807, 2.05) is 20.8 Å². The minimum atomic E-state index is -4.01. The van der Waals surface area contributed by atoms with Crippen molar-refractivity contribution in [2.45, 2.75) is 89.1 Å². The first kappa shape index (κ1) is 25.2. The molecule has 2 N–H and O–H groups in total. The van der Waals surface area contributed by atoms with Gasteiger partial charge in [-0.05, 0) is 112 Å². The molecule has 188 valence electrons. The molecule has 0 saturated heterocycles. The highest BCUT2D eigenvalue weighted by Crippen LogP contribution is 2.38. The monoisotopic (exact) mass is 498 g/mol. The summed E-state index contributed by atoms with van der Waals surface area (Å²) in [5.41, 5.74) is 6.04. The highest BCUT2D eigenvalue weighted by Gasteiger charge is 2.26. The van der Waals surface area contributed by atoms with E-state index in [1.54, 1.807) is 12.1 Å². The summed E-state index contributed by atoms with van der Waals surface area (Å²) in [7, 11) is -4.01. The van der Waals surface area contributed by atoms with Crippen molar-refractivity contribution in [3.63, 3.8) is 0 Å². The molecule has 0 atom stereocenters. The molecule has 2 aliphatic rings. The average Bonchev–Trinajstić information content (AvgIpc) is 3.41. The van der Waals surface area contributed by atoms with Crippen molar-refractivity contribution in [3.05, 3.63) is 58.1 Å². The van der Waals surface area contributed by atoms with Crippen molar-refractivity contribution in [1.29, 1.82) is 0 Å². The molecule has 0 heterocycles. The first-order valence-electron chi connectivity index (χ1n) is 12.3. The first-order valence-corrected chi connectivity index (χ1v) is 13.8. The Morgan fingerprint density at radius 1 is 0.943 bits per heavy atom. The first-order chi connectivity index (χ1) is 16.5. The number of hydrogen-bond acceptors (Lipinski definition) is 5. The predicted octanol–water partition coefficient (Wildman–Crippen LogP) is 4.84. The highest BCUT2D eigenvalue weighted by molar-refractivity contribution is 7.90. The van der Waals surface area contributed by atoms with E-state index in [-0.39, 0.29) is 10.9 Å². The van der Waals surface area contributed by atoms with E-state index in [0.29, 0.717) is 19.3 Å². The number of rotatable bonds is 7. The van der Waals surface area contributed by atoms with Crippen LogP contribution in [0.2, 0.25) is 0 Å². The lowest BCUT2D eigenvalue weighted by molar-refractivity contribution is -0.154. The summed E-state index contributed by atoms with van der Waals surface area (Å²) in [6.45, 7) is 5.49. The zero-order valence-corrected chi connectivity index (χ0v) is 21.5. The average molecular weight is 499 g/mol. The van der Waals surface area contributed by atoms with Crippen LogP contribution in [0.1, 0.15) is 74.3 Å². The summed E-state index contributed by atoms with van der Waals surface area (Å²) in [6.07, 6.45) is 7.44. The maximum Gasteiger partial charge on any atom is 0.333 e. The van der Waals surface area contributed by atoms with Crippen LogP contribution in [0.15, 0.2) is 35.2 Å². The third kappa shape index (κ3) is 6.23. The van der Waals surface area contributed by atoms with Gasteiger partial charge in [0.1, 0.15) is 5.60 Å². The minimum absolute atomic E-state index is 0.0204. The Hall–Kier alpha value is -2.87. The Morgan fingerprint density at radius 2 is 1.54 bits per heavy atom. The number of amides is 2. The van der Waals surface area contributed by atoms with Gasteiger partial charge in [-0.25, -0.2) is 17.9 Å². The number of anilines is 1. The molecule has 7 nitrogen and oxygen atoms in total. The molecule has 0 bridgehead atoms. The molecule has 35 heavy (non-hydrogen) atoms. The number of urea groups is 1. The maximum absolute atomic E-state index is 12.8. The summed E-state index contributed by atoms with van der Waals surface area (Å²) >= 11 is 0. The number of esters is 1. The molecule has 0 aromatic heterocycles. The van der Waals surface area contributed by atoms with E-state index in [2.05, 4.69) is 16.1 Å². The molecule has 2 aromatic rings. The summed E-state index contributed by atoms with van der Waals surface area (Å²) in [4.78, 5) is 24.6. The Bertz CT molecular complexity index is 1200. The molecule has 0 spiro atoms. The second-order valence-electron chi connectivity index (χ2n) is 10.4. The van der Waals surface area contributed by atoms with Crippen LogP contribution < -0.4 is 10.0 Å². The number of sulfonamides is 1. The van der Waals surface area contributed by atoms with Gasteiger partial charge in [-0.3, -0.25) is 4.79 Å². The second-order valence-corrected chi connectivity index (χ2v) is 12.1. The van der Waals surface area contributed by atoms with Crippen molar-refractivity contribution < 1.29 is 22.7 Å². The number of fused-ring (bicyclic) bond motifs is 2. The molecular weight excluding hydrogens is 464 g/mol. The summed E-state index contributed by atoms with van der Waals surface area (Å²) < 4.78 is 33.1. The number of hydrogen-bond donors (Lipinski definition) is 2. The van der Waals surface area contributed by atoms with Crippen LogP contribution in [0.25, 0.3) is 0 Å². The van der Waals surface area contributed by atoms with Gasteiger partial charge in [-0.1, -0.05) is 18.2 Å². The molecule has 8 heteroatoms. The van der Waals surface area contributed by atoms with Crippen molar-refractivity contribution in [3.8, 4) is 0 Å². The molecule has 0 aliphatic heterocycles. The number of benzene rings is 2. The summed E-state index contributed by atoms with van der Waals surface area (Å²) in [6, 6.07) is 7.91. The van der Waals surface area contributed by atoms with Gasteiger partial charge in [0.15, 0.2) is 0 Å². The normalized spacial score (nSPS) is 14.8. The van der Waals surface area contributed by atoms with E-state index in [0.717, 1.165) is 60.9 Å². The molecule has 0 fully saturated rings. The molecular formula is C27H34N2O5S. The lowest BCUT2D eigenvalue weighted by Gasteiger charge is -2.19. The highest BCUT2D eigenvalue weighted by atomic mass is 32.2. The topological polar surface area (TPSA) is 102 Å². The largest absolute Gasteiger partial charge is 0.460 e. The summed E-state index contributed by atoms with van der Waals surface area (Å²) in [5, 5.41) is 2.86. The van der Waals surface area contributed by atoms with Crippen molar-refractivity contribution >= 4 is 27.7 Å². The van der Waals surface area contributed by atoms with Gasteiger partial charge in [-0.2, -0.15) is 0 Å². The smallest absolute Gasteiger partial charge is 0.333 e. The predicted molar refractivity (Wildman–Crippen MR) is 135 cm³/mol. The van der Waals surface area contributed by atoms with E-state index < -0.39 is 21.7 Å². The Labute approximate surface area is 207 Å². The standard InChI is InChI=1S/C27H34N2O5S/c1-27(2,3)34-24(30)12-4-7-18-13-15-21(16-14-18)35(32,33)29-26(31)28-25-22-10-5-8-19(22)17-20-9-6-11-23(20)25/h13-17H,4-12H2,1-3H3,(H2,28,29,31). The Balaban J connectivity index is 1.36. The van der Waals surface area contributed by atoms with Crippen molar-refractivity contribution in [2.75, 3.05) is 5.32 Å². The Morgan fingerprint density at radius 3 is 2.11 bits per heavy atom. The molecule has 2 amide bonds. The van der Waals surface area contributed by atoms with E-state index in [4.69, 9.17) is 4.74 Å². The lowest BCUT2D eigenvalue weighted by Crippen LogP contribution is -2.35. The summed E-state index contributed by atoms with van der Waals surface area (Å²) in [5.74, 6) is -0.249. The molecule has 0 radical (unpaired) electrons. The van der Waals surface area contributed by atoms with Gasteiger partial charge < -0.3 is 10.1 Å². The zero-order chi connectivity index (χ0) is 25.2. The van der Waals surface area contributed by atoms with Gasteiger partial charge in [0.05, 0.1) is 4.90 Å². The molecule has 2 aromatic carbocycles. The second kappa shape index (κ2) is 10.0. The number of ether oxygens (including phenoxy) is 1. The van der Waals surface area contributed by atoms with Gasteiger partial charge >= 0.3 is 12.0 Å². The van der Waals surface area contributed by atoms with Crippen LogP contribution in [0.3, 0.4) is 0 Å². The lowest BCUT2D eigenvalue weighted by atomic mass is 9.99. The molecule has 0 unspecified atom stereocenters. The van der Waals surface area contributed by atoms with Crippen molar-refractivity contribution in [2.24, 2.45) is 0 Å². The van der Waals surface area contributed by atoms with Crippen LogP contribution in [0.5, 0.6) is 0 Å². The molecule has 2 aliphatic carbocycles. The fourth-order valence-electron chi connectivity index (χ4n) is 4.95. The number of aryl methyl sites for hydroxylation is 3. The van der Waals surface area contributed by atoms with Gasteiger partial charge in [0, 0.05) is 12.1 Å². The van der Waals surface area contributed by atoms with Crippen LogP contribution in [-0.4, -0.2) is 26.0 Å². The number of carbonyl (C=O) groups is 2. The Kier molecular flexibility index (Phi) is 7.22. The van der Waals surface area contributed by atoms with Crippen LogP contribution in [0, 0.1) is 0 Å². The third-order valence-corrected chi connectivity index (χ3v) is 7.79. The van der Waals surface area contributed by atoms with Gasteiger partial charge in [0.25, 0.3) is 10.0 Å². The third-order valence-electron chi connectivity index (χ3n) is 6.44. The quantitative estimate of drug-likeness (QED) is 0.532. The van der Waals surface area contributed by atoms with Gasteiger partial charge in [-0.15, -0.1) is 0 Å². The fourth-order valence-corrected chi connectivity index (χ4v) is 5.86. The van der Waals surface area contributed by atoms with Crippen LogP contribution >= 0.6 is 0 Å². The van der Waals surface area contributed by atoms with E-state index in [9.17, 15) is 18.0 Å². The fraction of sp³-hybridized carbons (Fsp3) is 0.481. The van der Waals surface area contributed by atoms with Gasteiger partial charge in [0.2, 0.25) is 0 Å². The van der Waals surface area contributed by atoms with E-state index in [1.165, 1.54) is 23.3 Å². The number of nitrogens with one attached hydrogen (secondary N) is 2. The SMILES string of the molecule is CC(C)(C)OC(=O)CCCc1ccc(S(=O)(=O)NC(=O)Nc2c3c(cc4c2CCC4)CCC3)cc1.